The maximum Gasteiger partial charge on any atom is 0.410 e. The van der Waals surface area contributed by atoms with Crippen LogP contribution in [0.25, 0.3) is 0 Å². The summed E-state index contributed by atoms with van der Waals surface area (Å²) in [6.45, 7) is 6.22. The van der Waals surface area contributed by atoms with Gasteiger partial charge >= 0.3 is 6.09 Å². The lowest BCUT2D eigenvalue weighted by Crippen LogP contribution is -2.59. The van der Waals surface area contributed by atoms with Gasteiger partial charge in [0.05, 0.1) is 0 Å². The molecule has 7 nitrogen and oxygen atoms in total. The second kappa shape index (κ2) is 8.29. The van der Waals surface area contributed by atoms with E-state index in [9.17, 15) is 14.7 Å². The van der Waals surface area contributed by atoms with Crippen LogP contribution in [0.3, 0.4) is 0 Å². The summed E-state index contributed by atoms with van der Waals surface area (Å²) in [5, 5.41) is 12.4. The van der Waals surface area contributed by atoms with E-state index in [1.54, 1.807) is 33.2 Å². The van der Waals surface area contributed by atoms with Gasteiger partial charge in [-0.1, -0.05) is 6.07 Å². The first kappa shape index (κ1) is 19.2. The number of hydrogen-bond acceptors (Lipinski definition) is 5. The molecular formula is C18H27N3O4. The Morgan fingerprint density at radius 2 is 2.24 bits per heavy atom. The Morgan fingerprint density at radius 1 is 1.48 bits per heavy atom. The summed E-state index contributed by atoms with van der Waals surface area (Å²) in [5.74, 6) is -0.301. The van der Waals surface area contributed by atoms with Gasteiger partial charge < -0.3 is 15.2 Å². The zero-order chi connectivity index (χ0) is 18.4. The first-order valence-electron chi connectivity index (χ1n) is 8.57. The van der Waals surface area contributed by atoms with Gasteiger partial charge in [0, 0.05) is 38.0 Å². The lowest BCUT2D eigenvalue weighted by atomic mass is 10.00. The third kappa shape index (κ3) is 5.70. The summed E-state index contributed by atoms with van der Waals surface area (Å²) in [6, 6.07) is 3.29. The van der Waals surface area contributed by atoms with Gasteiger partial charge in [-0.05, 0) is 45.2 Å². The van der Waals surface area contributed by atoms with Crippen LogP contribution in [-0.4, -0.2) is 58.3 Å². The van der Waals surface area contributed by atoms with Crippen LogP contribution in [0.2, 0.25) is 0 Å². The number of amides is 2. The normalized spacial score (nSPS) is 18.2. The maximum atomic E-state index is 12.3. The van der Waals surface area contributed by atoms with E-state index < -0.39 is 17.7 Å². The number of carbonyl (C=O) groups is 2. The molecule has 1 fully saturated rings. The highest BCUT2D eigenvalue weighted by atomic mass is 16.6. The molecule has 1 saturated heterocycles. The van der Waals surface area contributed by atoms with Gasteiger partial charge in [0.2, 0.25) is 5.91 Å². The van der Waals surface area contributed by atoms with Crippen molar-refractivity contribution in [3.8, 4) is 0 Å². The van der Waals surface area contributed by atoms with E-state index in [1.165, 1.54) is 4.90 Å². The molecular weight excluding hydrogens is 322 g/mol. The molecule has 1 aliphatic heterocycles. The van der Waals surface area contributed by atoms with Crippen LogP contribution < -0.4 is 5.32 Å². The molecule has 0 aliphatic carbocycles. The Kier molecular flexibility index (Phi) is 6.36. The summed E-state index contributed by atoms with van der Waals surface area (Å²) in [4.78, 5) is 29.9. The van der Waals surface area contributed by atoms with E-state index in [1.807, 2.05) is 12.1 Å². The van der Waals surface area contributed by atoms with Crippen molar-refractivity contribution in [1.82, 2.24) is 15.2 Å². The topological polar surface area (TPSA) is 91.8 Å². The van der Waals surface area contributed by atoms with Crippen LogP contribution in [-0.2, 0) is 16.0 Å². The van der Waals surface area contributed by atoms with Gasteiger partial charge in [-0.2, -0.15) is 0 Å². The molecule has 0 saturated carbocycles. The second-order valence-corrected chi connectivity index (χ2v) is 7.34. The number of likely N-dealkylation sites (tertiary alicyclic amines) is 1. The SMILES string of the molecule is CC(C)(C)OC(=O)N1CC[C@@H]1C(=O)NCC(CO)Cc1cccnc1. The fourth-order valence-corrected chi connectivity index (χ4v) is 2.62. The van der Waals surface area contributed by atoms with Crippen molar-refractivity contribution < 1.29 is 19.4 Å². The summed E-state index contributed by atoms with van der Waals surface area (Å²) in [5.41, 5.74) is 0.425. The molecule has 2 atom stereocenters. The first-order chi connectivity index (χ1) is 11.8. The number of carbonyl (C=O) groups excluding carboxylic acids is 2. The molecule has 2 amide bonds. The van der Waals surface area contributed by atoms with E-state index in [0.717, 1.165) is 5.56 Å². The molecule has 2 N–H and O–H groups in total. The summed E-state index contributed by atoms with van der Waals surface area (Å²) in [6.07, 6.45) is 4.23. The van der Waals surface area contributed by atoms with Crippen LogP contribution in [0, 0.1) is 5.92 Å². The fraction of sp³-hybridized carbons (Fsp3) is 0.611. The van der Waals surface area contributed by atoms with E-state index >= 15 is 0 Å². The Hall–Kier alpha value is -2.15. The van der Waals surface area contributed by atoms with E-state index in [-0.39, 0.29) is 18.4 Å². The minimum atomic E-state index is -0.584. The second-order valence-electron chi connectivity index (χ2n) is 7.34. The zero-order valence-electron chi connectivity index (χ0n) is 15.1. The number of aromatic nitrogens is 1. The van der Waals surface area contributed by atoms with Crippen LogP contribution in [0.15, 0.2) is 24.5 Å². The molecule has 2 rings (SSSR count). The molecule has 0 aromatic carbocycles. The Bertz CT molecular complexity index is 586. The number of pyridine rings is 1. The monoisotopic (exact) mass is 349 g/mol. The number of rotatable bonds is 6. The number of ether oxygens (including phenoxy) is 1. The van der Waals surface area contributed by atoms with Gasteiger partial charge in [-0.3, -0.25) is 14.7 Å². The average Bonchev–Trinajstić information content (AvgIpc) is 2.49. The number of aliphatic hydroxyl groups is 1. The molecule has 1 aromatic heterocycles. The summed E-state index contributed by atoms with van der Waals surface area (Å²) >= 11 is 0. The van der Waals surface area contributed by atoms with Crippen LogP contribution in [0.1, 0.15) is 32.8 Å². The number of nitrogens with zero attached hydrogens (tertiary/aromatic N) is 2. The van der Waals surface area contributed by atoms with Gasteiger partial charge in [0.15, 0.2) is 0 Å². The molecule has 1 unspecified atom stereocenters. The molecule has 1 aromatic rings. The third-order valence-electron chi connectivity index (χ3n) is 4.02. The quantitative estimate of drug-likeness (QED) is 0.809. The predicted molar refractivity (Wildman–Crippen MR) is 92.9 cm³/mol. The largest absolute Gasteiger partial charge is 0.444 e. The number of aliphatic hydroxyl groups excluding tert-OH is 1. The summed E-state index contributed by atoms with van der Waals surface area (Å²) in [7, 11) is 0. The van der Waals surface area contributed by atoms with Gasteiger partial charge in [0.1, 0.15) is 11.6 Å². The van der Waals surface area contributed by atoms with Crippen molar-refractivity contribution in [2.75, 3.05) is 19.7 Å². The highest BCUT2D eigenvalue weighted by Gasteiger charge is 2.39. The van der Waals surface area contributed by atoms with E-state index in [0.29, 0.717) is 25.9 Å². The van der Waals surface area contributed by atoms with Gasteiger partial charge in [-0.25, -0.2) is 4.79 Å². The van der Waals surface area contributed by atoms with Crippen molar-refractivity contribution in [2.24, 2.45) is 5.92 Å². The minimum Gasteiger partial charge on any atom is -0.444 e. The maximum absolute atomic E-state index is 12.3. The van der Waals surface area contributed by atoms with Gasteiger partial charge in [0.25, 0.3) is 0 Å². The zero-order valence-corrected chi connectivity index (χ0v) is 15.1. The molecule has 7 heteroatoms. The van der Waals surface area contributed by atoms with Crippen molar-refractivity contribution in [2.45, 2.75) is 45.3 Å². The summed E-state index contributed by atoms with van der Waals surface area (Å²) < 4.78 is 5.31. The lowest BCUT2D eigenvalue weighted by molar-refractivity contribution is -0.130. The van der Waals surface area contributed by atoms with E-state index in [2.05, 4.69) is 10.3 Å². The predicted octanol–water partition coefficient (Wildman–Crippen LogP) is 1.36. The molecule has 2 heterocycles. The highest BCUT2D eigenvalue weighted by Crippen LogP contribution is 2.21. The minimum absolute atomic E-state index is 0.0321. The fourth-order valence-electron chi connectivity index (χ4n) is 2.62. The Morgan fingerprint density at radius 3 is 2.76 bits per heavy atom. The highest BCUT2D eigenvalue weighted by molar-refractivity contribution is 5.87. The van der Waals surface area contributed by atoms with Gasteiger partial charge in [-0.15, -0.1) is 0 Å². The standard InChI is InChI=1S/C18H27N3O4/c1-18(2,3)25-17(24)21-8-6-15(21)16(23)20-11-14(12-22)9-13-5-4-7-19-10-13/h4-5,7,10,14-15,22H,6,8-9,11-12H2,1-3H3,(H,20,23)/t14?,15-/m1/s1. The van der Waals surface area contributed by atoms with Crippen LogP contribution >= 0.6 is 0 Å². The lowest BCUT2D eigenvalue weighted by Gasteiger charge is -2.40. The molecule has 0 radical (unpaired) electrons. The van der Waals surface area contributed by atoms with Crippen molar-refractivity contribution in [1.29, 1.82) is 0 Å². The third-order valence-corrected chi connectivity index (χ3v) is 4.02. The van der Waals surface area contributed by atoms with Crippen LogP contribution in [0.4, 0.5) is 4.79 Å². The van der Waals surface area contributed by atoms with Crippen molar-refractivity contribution in [3.05, 3.63) is 30.1 Å². The van der Waals surface area contributed by atoms with Crippen molar-refractivity contribution >= 4 is 12.0 Å². The van der Waals surface area contributed by atoms with Crippen molar-refractivity contribution in [3.63, 3.8) is 0 Å². The number of hydrogen-bond donors (Lipinski definition) is 2. The molecule has 0 bridgehead atoms. The smallest absolute Gasteiger partial charge is 0.410 e. The molecule has 25 heavy (non-hydrogen) atoms. The molecule has 0 spiro atoms. The number of nitrogens with one attached hydrogen (secondary N) is 1. The molecule has 138 valence electrons. The average molecular weight is 349 g/mol. The Balaban J connectivity index is 1.81. The Labute approximate surface area is 148 Å². The van der Waals surface area contributed by atoms with Crippen LogP contribution in [0.5, 0.6) is 0 Å². The molecule has 1 aliphatic rings. The first-order valence-corrected chi connectivity index (χ1v) is 8.57. The van der Waals surface area contributed by atoms with E-state index in [4.69, 9.17) is 4.74 Å².